The Morgan fingerprint density at radius 2 is 1.61 bits per heavy atom. The predicted molar refractivity (Wildman–Crippen MR) is 92.7 cm³/mol. The maximum atomic E-state index is 12.2. The molecule has 0 heterocycles. The molecule has 2 rings (SSSR count). The first-order valence-corrected chi connectivity index (χ1v) is 7.83. The van der Waals surface area contributed by atoms with Gasteiger partial charge in [0.1, 0.15) is 0 Å². The van der Waals surface area contributed by atoms with Gasteiger partial charge in [-0.3, -0.25) is 9.59 Å². The normalized spacial score (nSPS) is 10.2. The highest BCUT2D eigenvalue weighted by Crippen LogP contribution is 2.13. The smallest absolute Gasteiger partial charge is 0.255 e. The fraction of sp³-hybridized carbons (Fsp3) is 0.263. The van der Waals surface area contributed by atoms with Gasteiger partial charge in [-0.15, -0.1) is 0 Å². The highest BCUT2D eigenvalue weighted by molar-refractivity contribution is 6.04. The minimum Gasteiger partial charge on any atom is -0.342 e. The van der Waals surface area contributed by atoms with Gasteiger partial charge in [0.15, 0.2) is 0 Å². The van der Waals surface area contributed by atoms with E-state index in [0.717, 1.165) is 19.4 Å². The SMILES string of the molecule is CCCCN(C)C(=O)c1ccc(NC(=O)c2ccccc2)cc1. The van der Waals surface area contributed by atoms with Crippen LogP contribution in [0.25, 0.3) is 0 Å². The molecule has 0 aromatic heterocycles. The van der Waals surface area contributed by atoms with E-state index in [1.165, 1.54) is 0 Å². The molecule has 2 amide bonds. The van der Waals surface area contributed by atoms with Gasteiger partial charge in [-0.05, 0) is 42.8 Å². The number of nitrogens with zero attached hydrogens (tertiary/aromatic N) is 1. The van der Waals surface area contributed by atoms with Gasteiger partial charge in [0.05, 0.1) is 0 Å². The third-order valence-corrected chi connectivity index (χ3v) is 3.62. The third kappa shape index (κ3) is 4.68. The zero-order valence-electron chi connectivity index (χ0n) is 13.6. The van der Waals surface area contributed by atoms with E-state index in [4.69, 9.17) is 0 Å². The zero-order valence-corrected chi connectivity index (χ0v) is 13.6. The quantitative estimate of drug-likeness (QED) is 0.882. The summed E-state index contributed by atoms with van der Waals surface area (Å²) in [7, 11) is 1.81. The first-order chi connectivity index (χ1) is 11.1. The monoisotopic (exact) mass is 310 g/mol. The van der Waals surface area contributed by atoms with Gasteiger partial charge in [-0.25, -0.2) is 0 Å². The van der Waals surface area contributed by atoms with Gasteiger partial charge in [0, 0.05) is 30.4 Å². The van der Waals surface area contributed by atoms with E-state index in [0.29, 0.717) is 16.8 Å². The van der Waals surface area contributed by atoms with Crippen molar-refractivity contribution in [3.8, 4) is 0 Å². The second-order valence-corrected chi connectivity index (χ2v) is 5.48. The lowest BCUT2D eigenvalue weighted by Crippen LogP contribution is -2.27. The van der Waals surface area contributed by atoms with Gasteiger partial charge < -0.3 is 10.2 Å². The van der Waals surface area contributed by atoms with Crippen molar-refractivity contribution < 1.29 is 9.59 Å². The molecule has 2 aromatic carbocycles. The van der Waals surface area contributed by atoms with Crippen molar-refractivity contribution in [1.29, 1.82) is 0 Å². The molecule has 2 aromatic rings. The van der Waals surface area contributed by atoms with Crippen molar-refractivity contribution in [2.24, 2.45) is 0 Å². The van der Waals surface area contributed by atoms with Gasteiger partial charge in [0.25, 0.3) is 11.8 Å². The number of carbonyl (C=O) groups is 2. The van der Waals surface area contributed by atoms with E-state index >= 15 is 0 Å². The van der Waals surface area contributed by atoms with Gasteiger partial charge >= 0.3 is 0 Å². The molecule has 0 aliphatic heterocycles. The van der Waals surface area contributed by atoms with E-state index in [-0.39, 0.29) is 11.8 Å². The molecule has 0 saturated heterocycles. The Bertz CT molecular complexity index is 651. The van der Waals surface area contributed by atoms with Crippen LogP contribution in [0, 0.1) is 0 Å². The number of carbonyl (C=O) groups excluding carboxylic acids is 2. The fourth-order valence-corrected chi connectivity index (χ4v) is 2.21. The number of hydrogen-bond acceptors (Lipinski definition) is 2. The molecule has 4 heteroatoms. The highest BCUT2D eigenvalue weighted by Gasteiger charge is 2.11. The molecule has 23 heavy (non-hydrogen) atoms. The van der Waals surface area contributed by atoms with Crippen LogP contribution in [0.3, 0.4) is 0 Å². The Morgan fingerprint density at radius 1 is 0.957 bits per heavy atom. The Morgan fingerprint density at radius 3 is 2.22 bits per heavy atom. The zero-order chi connectivity index (χ0) is 16.7. The summed E-state index contributed by atoms with van der Waals surface area (Å²) in [6.07, 6.45) is 2.05. The standard InChI is InChI=1S/C19H22N2O2/c1-3-4-14-21(2)19(23)16-10-12-17(13-11-16)20-18(22)15-8-6-5-7-9-15/h5-13H,3-4,14H2,1-2H3,(H,20,22). The molecule has 4 nitrogen and oxygen atoms in total. The van der Waals surface area contributed by atoms with Crippen LogP contribution in [0.15, 0.2) is 54.6 Å². The number of rotatable bonds is 6. The molecular formula is C19H22N2O2. The van der Waals surface area contributed by atoms with E-state index in [1.54, 1.807) is 41.3 Å². The molecule has 0 spiro atoms. The Labute approximate surface area is 137 Å². The van der Waals surface area contributed by atoms with Crippen molar-refractivity contribution in [2.45, 2.75) is 19.8 Å². The molecule has 0 saturated carbocycles. The minimum atomic E-state index is -0.162. The number of amides is 2. The van der Waals surface area contributed by atoms with Crippen LogP contribution in [0.2, 0.25) is 0 Å². The van der Waals surface area contributed by atoms with Crippen molar-refractivity contribution in [1.82, 2.24) is 4.90 Å². The summed E-state index contributed by atoms with van der Waals surface area (Å²) in [5, 5.41) is 2.82. The number of benzene rings is 2. The van der Waals surface area contributed by atoms with Crippen molar-refractivity contribution in [3.05, 3.63) is 65.7 Å². The molecule has 0 aliphatic carbocycles. The lowest BCUT2D eigenvalue weighted by atomic mass is 10.1. The van der Waals surface area contributed by atoms with Crippen LogP contribution in [-0.4, -0.2) is 30.3 Å². The highest BCUT2D eigenvalue weighted by atomic mass is 16.2. The molecule has 0 atom stereocenters. The summed E-state index contributed by atoms with van der Waals surface area (Å²) in [5.74, 6) is -0.163. The summed E-state index contributed by atoms with van der Waals surface area (Å²) in [6.45, 7) is 2.85. The number of hydrogen-bond donors (Lipinski definition) is 1. The van der Waals surface area contributed by atoms with Gasteiger partial charge in [-0.1, -0.05) is 31.5 Å². The maximum absolute atomic E-state index is 12.2. The first kappa shape index (κ1) is 16.7. The largest absolute Gasteiger partial charge is 0.342 e. The van der Waals surface area contributed by atoms with E-state index in [9.17, 15) is 9.59 Å². The maximum Gasteiger partial charge on any atom is 0.255 e. The second-order valence-electron chi connectivity index (χ2n) is 5.48. The number of unbranched alkanes of at least 4 members (excludes halogenated alkanes) is 1. The predicted octanol–water partition coefficient (Wildman–Crippen LogP) is 3.81. The van der Waals surface area contributed by atoms with Gasteiger partial charge in [0.2, 0.25) is 0 Å². The van der Waals surface area contributed by atoms with Gasteiger partial charge in [-0.2, -0.15) is 0 Å². The minimum absolute atomic E-state index is 0.000569. The lowest BCUT2D eigenvalue weighted by molar-refractivity contribution is 0.0793. The average Bonchev–Trinajstić information content (AvgIpc) is 2.60. The molecule has 0 bridgehead atoms. The van der Waals surface area contributed by atoms with Crippen LogP contribution in [-0.2, 0) is 0 Å². The van der Waals surface area contributed by atoms with Crippen LogP contribution < -0.4 is 5.32 Å². The molecule has 120 valence electrons. The summed E-state index contributed by atoms with van der Waals surface area (Å²) in [5.41, 5.74) is 1.90. The fourth-order valence-electron chi connectivity index (χ4n) is 2.21. The van der Waals surface area contributed by atoms with Crippen molar-refractivity contribution in [3.63, 3.8) is 0 Å². The summed E-state index contributed by atoms with van der Waals surface area (Å²) >= 11 is 0. The Balaban J connectivity index is 1.99. The first-order valence-electron chi connectivity index (χ1n) is 7.83. The Kier molecular flexibility index (Phi) is 5.92. The lowest BCUT2D eigenvalue weighted by Gasteiger charge is -2.17. The van der Waals surface area contributed by atoms with E-state index < -0.39 is 0 Å². The summed E-state index contributed by atoms with van der Waals surface area (Å²) < 4.78 is 0. The average molecular weight is 310 g/mol. The molecule has 0 aliphatic rings. The van der Waals surface area contributed by atoms with Crippen molar-refractivity contribution in [2.75, 3.05) is 18.9 Å². The van der Waals surface area contributed by atoms with Crippen LogP contribution in [0.5, 0.6) is 0 Å². The van der Waals surface area contributed by atoms with E-state index in [1.807, 2.05) is 25.2 Å². The Hall–Kier alpha value is -2.62. The van der Waals surface area contributed by atoms with Crippen molar-refractivity contribution >= 4 is 17.5 Å². The molecule has 0 fully saturated rings. The molecule has 0 radical (unpaired) electrons. The summed E-state index contributed by atoms with van der Waals surface area (Å²) in [4.78, 5) is 26.0. The topological polar surface area (TPSA) is 49.4 Å². The van der Waals surface area contributed by atoms with E-state index in [2.05, 4.69) is 12.2 Å². The van der Waals surface area contributed by atoms with Crippen LogP contribution in [0.1, 0.15) is 40.5 Å². The number of anilines is 1. The van der Waals surface area contributed by atoms with Crippen LogP contribution in [0.4, 0.5) is 5.69 Å². The third-order valence-electron chi connectivity index (χ3n) is 3.62. The molecular weight excluding hydrogens is 288 g/mol. The second kappa shape index (κ2) is 8.13. The van der Waals surface area contributed by atoms with Crippen LogP contribution >= 0.6 is 0 Å². The summed E-state index contributed by atoms with van der Waals surface area (Å²) in [6, 6.07) is 16.0. The molecule has 0 unspecified atom stereocenters. The number of nitrogens with one attached hydrogen (secondary N) is 1. The molecule has 1 N–H and O–H groups in total.